The molecule has 2 aromatic carbocycles. The van der Waals surface area contributed by atoms with Crippen molar-refractivity contribution in [3.8, 4) is 0 Å². The number of hydrogen-bond acceptors (Lipinski definition) is 8. The number of carboxylic acids is 2. The molecule has 0 spiro atoms. The van der Waals surface area contributed by atoms with Crippen LogP contribution >= 0.6 is 0 Å². The van der Waals surface area contributed by atoms with Gasteiger partial charge < -0.3 is 10.2 Å². The van der Waals surface area contributed by atoms with Crippen LogP contribution in [0.5, 0.6) is 0 Å². The van der Waals surface area contributed by atoms with Crippen molar-refractivity contribution < 1.29 is 49.7 Å². The summed E-state index contributed by atoms with van der Waals surface area (Å²) in [6.07, 6.45) is 0. The molecule has 2 aromatic rings. The summed E-state index contributed by atoms with van der Waals surface area (Å²) in [6.45, 7) is 0. The van der Waals surface area contributed by atoms with Crippen LogP contribution in [0, 0.1) is 0 Å². The molecule has 0 aliphatic heterocycles. The molecule has 0 fully saturated rings. The number of aromatic carboxylic acids is 2. The summed E-state index contributed by atoms with van der Waals surface area (Å²) in [5.41, 5.74) is -0.780. The minimum absolute atomic E-state index is 0.183. The Bertz CT molecular complexity index is 758. The van der Waals surface area contributed by atoms with Gasteiger partial charge in [0.1, 0.15) is 0 Å². The summed E-state index contributed by atoms with van der Waals surface area (Å²) in [6, 6.07) is 10.9. The van der Waals surface area contributed by atoms with E-state index >= 15 is 0 Å². The van der Waals surface area contributed by atoms with E-state index in [0.717, 1.165) is 0 Å². The summed E-state index contributed by atoms with van der Waals surface area (Å²) in [4.78, 5) is 49.6. The van der Waals surface area contributed by atoms with E-state index in [2.05, 4.69) is 9.78 Å². The van der Waals surface area contributed by atoms with Gasteiger partial charge in [0.15, 0.2) is 0 Å². The maximum absolute atomic E-state index is 10.8. The number of carbonyl (C=O) groups excluding carboxylic acids is 2. The lowest BCUT2D eigenvalue weighted by Crippen LogP contribution is -2.09. The van der Waals surface area contributed by atoms with Crippen LogP contribution in [-0.2, 0) is 9.78 Å². The van der Waals surface area contributed by atoms with E-state index in [4.69, 9.17) is 20.7 Å². The number of rotatable bonds is 4. The van der Waals surface area contributed by atoms with E-state index < -0.39 is 23.9 Å². The largest absolute Gasteiger partial charge is 0.478 e. The molecule has 0 unspecified atom stereocenters. The van der Waals surface area contributed by atoms with E-state index in [1.165, 1.54) is 48.5 Å². The number of carbonyl (C=O) groups is 4. The molecule has 0 saturated carbocycles. The molecule has 0 bridgehead atoms. The standard InChI is InChI=1S/2C8H6O5/c2*9-7(10)5-3-1-2-4-6(5)8(11)13-12/h2*1-4,12H,(H,9,10). The van der Waals surface area contributed by atoms with Crippen molar-refractivity contribution in [3.63, 3.8) is 0 Å². The van der Waals surface area contributed by atoms with Crippen LogP contribution in [0.1, 0.15) is 41.4 Å². The van der Waals surface area contributed by atoms with Gasteiger partial charge in [0.25, 0.3) is 0 Å². The number of hydrogen-bond donors (Lipinski definition) is 4. The first-order valence-corrected chi connectivity index (χ1v) is 6.69. The van der Waals surface area contributed by atoms with E-state index in [0.29, 0.717) is 0 Å². The van der Waals surface area contributed by atoms with Gasteiger partial charge in [0.05, 0.1) is 22.3 Å². The highest BCUT2D eigenvalue weighted by Gasteiger charge is 2.17. The fourth-order valence-corrected chi connectivity index (χ4v) is 1.79. The lowest BCUT2D eigenvalue weighted by molar-refractivity contribution is -0.182. The topological polar surface area (TPSA) is 168 Å². The lowest BCUT2D eigenvalue weighted by Gasteiger charge is -2.00. The van der Waals surface area contributed by atoms with Crippen LogP contribution in [-0.4, -0.2) is 44.6 Å². The predicted octanol–water partition coefficient (Wildman–Crippen LogP) is 2.03. The molecular formula is C16H12O10. The smallest absolute Gasteiger partial charge is 0.373 e. The second-order valence-corrected chi connectivity index (χ2v) is 4.46. The second-order valence-electron chi connectivity index (χ2n) is 4.46. The molecule has 0 heterocycles. The highest BCUT2D eigenvalue weighted by molar-refractivity contribution is 6.02. The third-order valence-electron chi connectivity index (χ3n) is 2.92. The monoisotopic (exact) mass is 364 g/mol. The third kappa shape index (κ3) is 5.12. The first kappa shape index (κ1) is 20.3. The van der Waals surface area contributed by atoms with Crippen molar-refractivity contribution in [2.24, 2.45) is 0 Å². The molecule has 2 rings (SSSR count). The summed E-state index contributed by atoms with van der Waals surface area (Å²) < 4.78 is 0. The average molecular weight is 364 g/mol. The van der Waals surface area contributed by atoms with Gasteiger partial charge in [0.2, 0.25) is 0 Å². The van der Waals surface area contributed by atoms with Gasteiger partial charge in [-0.25, -0.2) is 19.2 Å². The van der Waals surface area contributed by atoms with Gasteiger partial charge in [-0.2, -0.15) is 10.5 Å². The average Bonchev–Trinajstić information content (AvgIpc) is 2.67. The molecule has 0 aliphatic carbocycles. The molecule has 0 aliphatic rings. The Labute approximate surface area is 145 Å². The Hall–Kier alpha value is -3.76. The van der Waals surface area contributed by atoms with Gasteiger partial charge in [-0.1, -0.05) is 24.3 Å². The minimum Gasteiger partial charge on any atom is -0.478 e. The summed E-state index contributed by atoms with van der Waals surface area (Å²) in [7, 11) is 0. The first-order chi connectivity index (χ1) is 12.3. The Morgan fingerprint density at radius 2 is 0.846 bits per heavy atom. The molecule has 136 valence electrons. The van der Waals surface area contributed by atoms with Crippen molar-refractivity contribution in [2.45, 2.75) is 0 Å². The maximum atomic E-state index is 10.8. The zero-order chi connectivity index (χ0) is 19.7. The predicted molar refractivity (Wildman–Crippen MR) is 82.9 cm³/mol. The molecule has 0 saturated heterocycles. The molecule has 10 heteroatoms. The van der Waals surface area contributed by atoms with Gasteiger partial charge in [-0.3, -0.25) is 9.78 Å². The second kappa shape index (κ2) is 9.52. The summed E-state index contributed by atoms with van der Waals surface area (Å²) >= 11 is 0. The first-order valence-electron chi connectivity index (χ1n) is 6.69. The van der Waals surface area contributed by atoms with Crippen LogP contribution in [0.15, 0.2) is 48.5 Å². The highest BCUT2D eigenvalue weighted by atomic mass is 17.1. The van der Waals surface area contributed by atoms with Crippen LogP contribution in [0.25, 0.3) is 0 Å². The Balaban J connectivity index is 0.000000260. The van der Waals surface area contributed by atoms with Gasteiger partial charge in [-0.05, 0) is 24.3 Å². The molecule has 4 N–H and O–H groups in total. The van der Waals surface area contributed by atoms with E-state index in [-0.39, 0.29) is 22.3 Å². The van der Waals surface area contributed by atoms with Crippen molar-refractivity contribution in [1.29, 1.82) is 0 Å². The Morgan fingerprint density at radius 3 is 1.08 bits per heavy atom. The number of carboxylic acid groups (broad SMARTS) is 2. The molecule has 0 amide bonds. The quantitative estimate of drug-likeness (QED) is 0.465. The van der Waals surface area contributed by atoms with E-state index in [1.54, 1.807) is 0 Å². The maximum Gasteiger partial charge on any atom is 0.373 e. The van der Waals surface area contributed by atoms with Crippen LogP contribution < -0.4 is 0 Å². The molecule has 0 atom stereocenters. The van der Waals surface area contributed by atoms with Gasteiger partial charge in [-0.15, -0.1) is 0 Å². The highest BCUT2D eigenvalue weighted by Crippen LogP contribution is 2.10. The van der Waals surface area contributed by atoms with Crippen LogP contribution in [0.4, 0.5) is 0 Å². The minimum atomic E-state index is -1.25. The summed E-state index contributed by atoms with van der Waals surface area (Å²) in [5, 5.41) is 33.3. The van der Waals surface area contributed by atoms with Crippen molar-refractivity contribution in [2.75, 3.05) is 0 Å². The van der Waals surface area contributed by atoms with Crippen molar-refractivity contribution in [1.82, 2.24) is 0 Å². The number of benzene rings is 2. The van der Waals surface area contributed by atoms with Gasteiger partial charge >= 0.3 is 23.9 Å². The third-order valence-corrected chi connectivity index (χ3v) is 2.92. The van der Waals surface area contributed by atoms with Crippen LogP contribution in [0.3, 0.4) is 0 Å². The van der Waals surface area contributed by atoms with Crippen LogP contribution in [0.2, 0.25) is 0 Å². The normalized spacial score (nSPS) is 9.31. The molecule has 26 heavy (non-hydrogen) atoms. The molecule has 10 nitrogen and oxygen atoms in total. The lowest BCUT2D eigenvalue weighted by atomic mass is 10.1. The van der Waals surface area contributed by atoms with Crippen molar-refractivity contribution in [3.05, 3.63) is 70.8 Å². The van der Waals surface area contributed by atoms with Crippen molar-refractivity contribution >= 4 is 23.9 Å². The fourth-order valence-electron chi connectivity index (χ4n) is 1.79. The fraction of sp³-hybridized carbons (Fsp3) is 0. The zero-order valence-corrected chi connectivity index (χ0v) is 12.9. The SMILES string of the molecule is O=C(O)c1ccccc1C(=O)OO.O=C(O)c1ccccc1C(=O)OO. The molecule has 0 radical (unpaired) electrons. The zero-order valence-electron chi connectivity index (χ0n) is 12.9. The van der Waals surface area contributed by atoms with Gasteiger partial charge in [0, 0.05) is 0 Å². The Kier molecular flexibility index (Phi) is 7.42. The molecule has 0 aromatic heterocycles. The Morgan fingerprint density at radius 1 is 0.577 bits per heavy atom. The summed E-state index contributed by atoms with van der Waals surface area (Å²) in [5.74, 6) is -4.67. The van der Waals surface area contributed by atoms with E-state index in [1.807, 2.05) is 0 Å². The molecular weight excluding hydrogens is 352 g/mol. The van der Waals surface area contributed by atoms with E-state index in [9.17, 15) is 19.2 Å².